The van der Waals surface area contributed by atoms with E-state index < -0.39 is 0 Å². The third kappa shape index (κ3) is 7.57. The van der Waals surface area contributed by atoms with E-state index in [0.717, 1.165) is 31.0 Å². The quantitative estimate of drug-likeness (QED) is 0.578. The van der Waals surface area contributed by atoms with Gasteiger partial charge >= 0.3 is 6.03 Å². The normalized spacial score (nSPS) is 16.5. The Hall–Kier alpha value is -2.85. The first kappa shape index (κ1) is 25.2. The topological polar surface area (TPSA) is 86.4 Å². The molecule has 0 atom stereocenters. The number of morpholine rings is 2. The Labute approximate surface area is 210 Å². The van der Waals surface area contributed by atoms with E-state index in [0.29, 0.717) is 56.8 Å². The molecule has 0 radical (unpaired) electrons. The van der Waals surface area contributed by atoms with Gasteiger partial charge in [0.2, 0.25) is 5.91 Å². The van der Waals surface area contributed by atoms with Gasteiger partial charge in [0.1, 0.15) is 0 Å². The molecule has 0 aliphatic carbocycles. The minimum absolute atomic E-state index is 0.0480. The molecule has 2 saturated heterocycles. The molecular formula is C25H32ClN5O4. The summed E-state index contributed by atoms with van der Waals surface area (Å²) in [7, 11) is 0. The van der Waals surface area contributed by atoms with Gasteiger partial charge in [-0.3, -0.25) is 14.6 Å². The van der Waals surface area contributed by atoms with Crippen LogP contribution in [0.5, 0.6) is 0 Å². The fourth-order valence-electron chi connectivity index (χ4n) is 4.00. The van der Waals surface area contributed by atoms with Crippen molar-refractivity contribution in [2.24, 2.45) is 0 Å². The largest absolute Gasteiger partial charge is 0.379 e. The molecule has 2 aromatic rings. The van der Waals surface area contributed by atoms with Gasteiger partial charge in [0.15, 0.2) is 0 Å². The van der Waals surface area contributed by atoms with E-state index in [9.17, 15) is 9.59 Å². The molecular weight excluding hydrogens is 470 g/mol. The molecule has 2 fully saturated rings. The Bertz CT molecular complexity index is 961. The van der Waals surface area contributed by atoms with E-state index in [-0.39, 0.29) is 18.5 Å². The average molecular weight is 502 g/mol. The lowest BCUT2D eigenvalue weighted by Crippen LogP contribution is -2.44. The molecule has 0 spiro atoms. The number of nitrogens with one attached hydrogen (secondary N) is 2. The molecule has 4 rings (SSSR count). The summed E-state index contributed by atoms with van der Waals surface area (Å²) in [6.07, 6.45) is 0. The zero-order valence-electron chi connectivity index (χ0n) is 19.7. The van der Waals surface area contributed by atoms with E-state index in [2.05, 4.69) is 15.5 Å². The minimum Gasteiger partial charge on any atom is -0.379 e. The van der Waals surface area contributed by atoms with Crippen molar-refractivity contribution in [2.45, 2.75) is 0 Å². The molecule has 0 aromatic heterocycles. The highest BCUT2D eigenvalue weighted by Crippen LogP contribution is 2.21. The van der Waals surface area contributed by atoms with Crippen LogP contribution in [0.15, 0.2) is 48.5 Å². The third-order valence-electron chi connectivity index (χ3n) is 6.07. The van der Waals surface area contributed by atoms with Crippen LogP contribution in [-0.2, 0) is 14.3 Å². The smallest absolute Gasteiger partial charge is 0.326 e. The van der Waals surface area contributed by atoms with Crippen LogP contribution in [0.4, 0.5) is 21.9 Å². The van der Waals surface area contributed by atoms with Crippen molar-refractivity contribution in [2.75, 3.05) is 87.8 Å². The number of nitrogens with zero attached hydrogens (tertiary/aromatic N) is 3. The summed E-state index contributed by atoms with van der Waals surface area (Å²) in [5, 5.41) is 6.75. The average Bonchev–Trinajstić information content (AvgIpc) is 2.90. The Morgan fingerprint density at radius 1 is 0.857 bits per heavy atom. The van der Waals surface area contributed by atoms with Gasteiger partial charge in [-0.1, -0.05) is 11.6 Å². The van der Waals surface area contributed by atoms with Crippen LogP contribution in [0.3, 0.4) is 0 Å². The molecule has 10 heteroatoms. The highest BCUT2D eigenvalue weighted by atomic mass is 35.5. The Morgan fingerprint density at radius 3 is 2.11 bits per heavy atom. The molecule has 2 aliphatic rings. The standard InChI is InChI=1S/C25H32ClN5O4/c26-20-1-3-22(4-2-20)28-25(33)31(10-9-29-11-15-34-16-12-29)23-7-5-21(6-8-23)27-19-24(32)30-13-17-35-18-14-30/h1-8,27H,9-19H2,(H,28,33). The van der Waals surface area contributed by atoms with Crippen molar-refractivity contribution < 1.29 is 19.1 Å². The number of carbonyl (C=O) groups is 2. The number of halogens is 1. The maximum absolute atomic E-state index is 13.2. The van der Waals surface area contributed by atoms with Gasteiger partial charge in [-0.15, -0.1) is 0 Å². The predicted molar refractivity (Wildman–Crippen MR) is 137 cm³/mol. The highest BCUT2D eigenvalue weighted by Gasteiger charge is 2.19. The van der Waals surface area contributed by atoms with Gasteiger partial charge in [0, 0.05) is 61.4 Å². The van der Waals surface area contributed by atoms with Gasteiger partial charge in [-0.05, 0) is 48.5 Å². The zero-order valence-corrected chi connectivity index (χ0v) is 20.5. The number of hydrogen-bond acceptors (Lipinski definition) is 6. The summed E-state index contributed by atoms with van der Waals surface area (Å²) >= 11 is 5.97. The third-order valence-corrected chi connectivity index (χ3v) is 6.32. The number of urea groups is 1. The van der Waals surface area contributed by atoms with Crippen molar-refractivity contribution in [1.29, 1.82) is 0 Å². The summed E-state index contributed by atoms with van der Waals surface area (Å²) < 4.78 is 10.7. The number of carbonyl (C=O) groups excluding carboxylic acids is 2. The molecule has 2 aromatic carbocycles. The lowest BCUT2D eigenvalue weighted by molar-refractivity contribution is -0.133. The first-order valence-corrected chi connectivity index (χ1v) is 12.3. The van der Waals surface area contributed by atoms with Crippen molar-refractivity contribution in [1.82, 2.24) is 9.80 Å². The second-order valence-corrected chi connectivity index (χ2v) is 8.87. The molecule has 2 N–H and O–H groups in total. The van der Waals surface area contributed by atoms with Crippen molar-refractivity contribution >= 4 is 40.6 Å². The number of hydrogen-bond donors (Lipinski definition) is 2. The highest BCUT2D eigenvalue weighted by molar-refractivity contribution is 6.30. The minimum atomic E-state index is -0.219. The summed E-state index contributed by atoms with van der Waals surface area (Å²) in [4.78, 5) is 31.4. The summed E-state index contributed by atoms with van der Waals surface area (Å²) in [5.41, 5.74) is 2.27. The van der Waals surface area contributed by atoms with E-state index in [4.69, 9.17) is 21.1 Å². The maximum Gasteiger partial charge on any atom is 0.326 e. The number of benzene rings is 2. The van der Waals surface area contributed by atoms with E-state index in [1.165, 1.54) is 0 Å². The van der Waals surface area contributed by atoms with Gasteiger partial charge < -0.3 is 25.0 Å². The number of anilines is 3. The van der Waals surface area contributed by atoms with Crippen molar-refractivity contribution in [3.63, 3.8) is 0 Å². The van der Waals surface area contributed by atoms with E-state index in [1.807, 2.05) is 24.3 Å². The van der Waals surface area contributed by atoms with E-state index >= 15 is 0 Å². The second-order valence-electron chi connectivity index (χ2n) is 8.44. The second kappa shape index (κ2) is 12.7. The van der Waals surface area contributed by atoms with Crippen LogP contribution >= 0.6 is 11.6 Å². The fraction of sp³-hybridized carbons (Fsp3) is 0.440. The molecule has 9 nitrogen and oxygen atoms in total. The summed E-state index contributed by atoms with van der Waals surface area (Å²) in [5.74, 6) is 0.0480. The first-order chi connectivity index (χ1) is 17.1. The Kier molecular flexibility index (Phi) is 9.19. The SMILES string of the molecule is O=C(CNc1ccc(N(CCN2CCOCC2)C(=O)Nc2ccc(Cl)cc2)cc1)N1CCOCC1. The van der Waals surface area contributed by atoms with Gasteiger partial charge in [0.25, 0.3) is 0 Å². The number of ether oxygens (including phenoxy) is 2. The molecule has 2 aliphatic heterocycles. The van der Waals surface area contributed by atoms with Crippen molar-refractivity contribution in [3.05, 3.63) is 53.6 Å². The summed E-state index contributed by atoms with van der Waals surface area (Å²) in [6, 6.07) is 14.4. The van der Waals surface area contributed by atoms with Gasteiger partial charge in [-0.25, -0.2) is 4.79 Å². The molecule has 35 heavy (non-hydrogen) atoms. The molecule has 0 bridgehead atoms. The molecule has 2 heterocycles. The van der Waals surface area contributed by atoms with Crippen LogP contribution < -0.4 is 15.5 Å². The molecule has 3 amide bonds. The molecule has 188 valence electrons. The fourth-order valence-corrected chi connectivity index (χ4v) is 4.13. The molecule has 0 unspecified atom stereocenters. The maximum atomic E-state index is 13.2. The van der Waals surface area contributed by atoms with Gasteiger partial charge in [-0.2, -0.15) is 0 Å². The number of rotatable bonds is 8. The Morgan fingerprint density at radius 2 is 1.46 bits per heavy atom. The zero-order chi connectivity index (χ0) is 24.5. The van der Waals surface area contributed by atoms with Crippen LogP contribution in [0, 0.1) is 0 Å². The van der Waals surface area contributed by atoms with Crippen LogP contribution in [-0.4, -0.2) is 94.0 Å². The molecule has 0 saturated carbocycles. The predicted octanol–water partition coefficient (Wildman–Crippen LogP) is 2.98. The Balaban J connectivity index is 1.39. The van der Waals surface area contributed by atoms with Gasteiger partial charge in [0.05, 0.1) is 33.0 Å². The van der Waals surface area contributed by atoms with Crippen LogP contribution in [0.1, 0.15) is 0 Å². The summed E-state index contributed by atoms with van der Waals surface area (Å²) in [6.45, 7) is 7.03. The van der Waals surface area contributed by atoms with Crippen LogP contribution in [0.25, 0.3) is 0 Å². The lowest BCUT2D eigenvalue weighted by atomic mass is 10.2. The van der Waals surface area contributed by atoms with E-state index in [1.54, 1.807) is 34.1 Å². The van der Waals surface area contributed by atoms with Crippen LogP contribution in [0.2, 0.25) is 5.02 Å². The monoisotopic (exact) mass is 501 g/mol. The lowest BCUT2D eigenvalue weighted by Gasteiger charge is -2.30. The first-order valence-electron chi connectivity index (χ1n) is 11.9. The van der Waals surface area contributed by atoms with Crippen molar-refractivity contribution in [3.8, 4) is 0 Å². The number of amides is 3.